The predicted octanol–water partition coefficient (Wildman–Crippen LogP) is 4.15. The number of carbonyl (C=O) groups is 1. The van der Waals surface area contributed by atoms with Gasteiger partial charge in [0.05, 0.1) is 0 Å². The Hall–Kier alpha value is -0.530. The van der Waals surface area contributed by atoms with Crippen molar-refractivity contribution >= 4 is 5.91 Å². The van der Waals surface area contributed by atoms with Gasteiger partial charge in [-0.15, -0.1) is 0 Å². The van der Waals surface area contributed by atoms with E-state index in [9.17, 15) is 4.79 Å². The number of amides is 1. The maximum absolute atomic E-state index is 12.1. The van der Waals surface area contributed by atoms with Crippen molar-refractivity contribution in [2.45, 2.75) is 72.6 Å². The molecule has 0 aliphatic heterocycles. The monoisotopic (exact) mass is 253 g/mol. The van der Waals surface area contributed by atoms with Crippen LogP contribution in [0.5, 0.6) is 0 Å². The molecule has 1 fully saturated rings. The van der Waals surface area contributed by atoms with Crippen LogP contribution in [0, 0.1) is 17.3 Å². The van der Waals surface area contributed by atoms with Gasteiger partial charge in [0, 0.05) is 12.5 Å². The van der Waals surface area contributed by atoms with Crippen molar-refractivity contribution in [2.24, 2.45) is 17.3 Å². The van der Waals surface area contributed by atoms with Crippen LogP contribution in [0.1, 0.15) is 72.6 Å². The fourth-order valence-corrected chi connectivity index (χ4v) is 3.29. The van der Waals surface area contributed by atoms with Crippen LogP contribution in [0.25, 0.3) is 0 Å². The van der Waals surface area contributed by atoms with Crippen molar-refractivity contribution in [3.63, 3.8) is 0 Å². The Labute approximate surface area is 113 Å². The second-order valence-electron chi connectivity index (χ2n) is 6.77. The van der Waals surface area contributed by atoms with Crippen LogP contribution < -0.4 is 5.32 Å². The zero-order valence-corrected chi connectivity index (χ0v) is 12.7. The summed E-state index contributed by atoms with van der Waals surface area (Å²) < 4.78 is 0. The van der Waals surface area contributed by atoms with Crippen molar-refractivity contribution < 1.29 is 4.79 Å². The molecule has 0 aromatic carbocycles. The smallest absolute Gasteiger partial charge is 0.223 e. The Morgan fingerprint density at radius 2 is 2.11 bits per heavy atom. The van der Waals surface area contributed by atoms with E-state index in [4.69, 9.17) is 0 Å². The third-order valence-electron chi connectivity index (χ3n) is 4.37. The summed E-state index contributed by atoms with van der Waals surface area (Å²) in [5.41, 5.74) is 0.473. The molecule has 0 aromatic heterocycles. The first-order valence-electron chi connectivity index (χ1n) is 7.76. The van der Waals surface area contributed by atoms with Gasteiger partial charge in [-0.25, -0.2) is 0 Å². The lowest BCUT2D eigenvalue weighted by atomic mass is 9.72. The lowest BCUT2D eigenvalue weighted by Gasteiger charge is -2.35. The molecule has 0 radical (unpaired) electrons. The van der Waals surface area contributed by atoms with Crippen LogP contribution in [0.4, 0.5) is 0 Å². The van der Waals surface area contributed by atoms with E-state index in [0.29, 0.717) is 11.3 Å². The highest BCUT2D eigenvalue weighted by Crippen LogP contribution is 2.38. The minimum Gasteiger partial charge on any atom is -0.356 e. The minimum absolute atomic E-state index is 0.228. The SMILES string of the molecule is CCCC(CC)C(=O)NC[C@@H]1CCCC(C)(C)C1. The molecule has 2 nitrogen and oxygen atoms in total. The van der Waals surface area contributed by atoms with Crippen molar-refractivity contribution in [3.8, 4) is 0 Å². The number of rotatable bonds is 6. The second kappa shape index (κ2) is 7.16. The summed E-state index contributed by atoms with van der Waals surface area (Å²) in [7, 11) is 0. The molecule has 0 bridgehead atoms. The van der Waals surface area contributed by atoms with Crippen molar-refractivity contribution in [1.82, 2.24) is 5.32 Å². The summed E-state index contributed by atoms with van der Waals surface area (Å²) in [6.45, 7) is 9.87. The van der Waals surface area contributed by atoms with Gasteiger partial charge in [0.25, 0.3) is 0 Å². The average molecular weight is 253 g/mol. The molecule has 0 aromatic rings. The van der Waals surface area contributed by atoms with Crippen LogP contribution in [0.2, 0.25) is 0 Å². The molecule has 1 rings (SSSR count). The van der Waals surface area contributed by atoms with Gasteiger partial charge in [-0.2, -0.15) is 0 Å². The molecule has 1 N–H and O–H groups in total. The molecule has 0 spiro atoms. The Morgan fingerprint density at radius 3 is 2.67 bits per heavy atom. The van der Waals surface area contributed by atoms with E-state index in [1.807, 2.05) is 0 Å². The molecular formula is C16H31NO. The molecule has 1 unspecified atom stereocenters. The number of hydrogen-bond donors (Lipinski definition) is 1. The molecule has 2 atom stereocenters. The first-order chi connectivity index (χ1) is 8.48. The normalized spacial score (nSPS) is 24.6. The molecule has 18 heavy (non-hydrogen) atoms. The molecular weight excluding hydrogens is 222 g/mol. The highest BCUT2D eigenvalue weighted by atomic mass is 16.1. The van der Waals surface area contributed by atoms with Gasteiger partial charge < -0.3 is 5.32 Å². The number of carbonyl (C=O) groups excluding carboxylic acids is 1. The number of hydrogen-bond acceptors (Lipinski definition) is 1. The molecule has 1 saturated carbocycles. The first kappa shape index (κ1) is 15.5. The highest BCUT2D eigenvalue weighted by Gasteiger charge is 2.28. The third kappa shape index (κ3) is 4.99. The Morgan fingerprint density at radius 1 is 1.39 bits per heavy atom. The van der Waals surface area contributed by atoms with E-state index in [0.717, 1.165) is 25.8 Å². The maximum Gasteiger partial charge on any atom is 0.223 e. The molecule has 1 aliphatic rings. The second-order valence-corrected chi connectivity index (χ2v) is 6.77. The first-order valence-corrected chi connectivity index (χ1v) is 7.76. The Balaban J connectivity index is 2.33. The summed E-state index contributed by atoms with van der Waals surface area (Å²) in [5.74, 6) is 1.20. The van der Waals surface area contributed by atoms with Crippen LogP contribution in [-0.2, 0) is 4.79 Å². The summed E-state index contributed by atoms with van der Waals surface area (Å²) in [6, 6.07) is 0. The Kier molecular flexibility index (Phi) is 6.17. The summed E-state index contributed by atoms with van der Waals surface area (Å²) in [6.07, 6.45) is 8.30. The van der Waals surface area contributed by atoms with Gasteiger partial charge in [-0.05, 0) is 43.4 Å². The van der Waals surface area contributed by atoms with Gasteiger partial charge in [0.2, 0.25) is 5.91 Å². The van der Waals surface area contributed by atoms with E-state index in [2.05, 4.69) is 33.0 Å². The predicted molar refractivity (Wildman–Crippen MR) is 77.4 cm³/mol. The largest absolute Gasteiger partial charge is 0.356 e. The molecule has 0 heterocycles. The summed E-state index contributed by atoms with van der Waals surface area (Å²) >= 11 is 0. The van der Waals surface area contributed by atoms with E-state index in [1.165, 1.54) is 25.7 Å². The van der Waals surface area contributed by atoms with E-state index >= 15 is 0 Å². The lowest BCUT2D eigenvalue weighted by molar-refractivity contribution is -0.125. The van der Waals surface area contributed by atoms with Gasteiger partial charge in [-0.1, -0.05) is 40.5 Å². The highest BCUT2D eigenvalue weighted by molar-refractivity contribution is 5.78. The Bertz CT molecular complexity index is 260. The fraction of sp³-hybridized carbons (Fsp3) is 0.938. The molecule has 1 amide bonds. The van der Waals surface area contributed by atoms with Crippen molar-refractivity contribution in [3.05, 3.63) is 0 Å². The average Bonchev–Trinajstić information content (AvgIpc) is 2.32. The molecule has 1 aliphatic carbocycles. The third-order valence-corrected chi connectivity index (χ3v) is 4.37. The van der Waals surface area contributed by atoms with Gasteiger partial charge in [0.1, 0.15) is 0 Å². The van der Waals surface area contributed by atoms with E-state index < -0.39 is 0 Å². The standard InChI is InChI=1S/C16H31NO/c1-5-8-14(6-2)15(18)17-12-13-9-7-10-16(3,4)11-13/h13-14H,5-12H2,1-4H3,(H,17,18)/t13-,14?/m1/s1. The zero-order valence-electron chi connectivity index (χ0n) is 12.7. The van der Waals surface area contributed by atoms with Crippen LogP contribution in [0.15, 0.2) is 0 Å². The maximum atomic E-state index is 12.1. The number of nitrogens with one attached hydrogen (secondary N) is 1. The minimum atomic E-state index is 0.228. The van der Waals surface area contributed by atoms with Crippen molar-refractivity contribution in [1.29, 1.82) is 0 Å². The van der Waals surface area contributed by atoms with Crippen molar-refractivity contribution in [2.75, 3.05) is 6.54 Å². The topological polar surface area (TPSA) is 29.1 Å². The van der Waals surface area contributed by atoms with E-state index in [1.54, 1.807) is 0 Å². The van der Waals surface area contributed by atoms with Crippen LogP contribution in [-0.4, -0.2) is 12.5 Å². The quantitative estimate of drug-likeness (QED) is 0.757. The summed E-state index contributed by atoms with van der Waals surface area (Å²) in [5, 5.41) is 3.19. The van der Waals surface area contributed by atoms with E-state index in [-0.39, 0.29) is 11.8 Å². The van der Waals surface area contributed by atoms with Gasteiger partial charge >= 0.3 is 0 Å². The summed E-state index contributed by atoms with van der Waals surface area (Å²) in [4.78, 5) is 12.1. The van der Waals surface area contributed by atoms with Crippen LogP contribution >= 0.6 is 0 Å². The van der Waals surface area contributed by atoms with Gasteiger partial charge in [0.15, 0.2) is 0 Å². The zero-order chi connectivity index (χ0) is 13.6. The molecule has 2 heteroatoms. The van der Waals surface area contributed by atoms with Crippen LogP contribution in [0.3, 0.4) is 0 Å². The molecule has 106 valence electrons. The molecule has 0 saturated heterocycles. The van der Waals surface area contributed by atoms with Gasteiger partial charge in [-0.3, -0.25) is 4.79 Å². The lowest BCUT2D eigenvalue weighted by Crippen LogP contribution is -2.37. The fourth-order valence-electron chi connectivity index (χ4n) is 3.29.